The first kappa shape index (κ1) is 15.1. The molecule has 5 heteroatoms. The Morgan fingerprint density at radius 1 is 1.18 bits per heavy atom. The Morgan fingerprint density at radius 2 is 1.95 bits per heavy atom. The van der Waals surface area contributed by atoms with Gasteiger partial charge in [0.15, 0.2) is 0 Å². The first-order chi connectivity index (χ1) is 10.7. The van der Waals surface area contributed by atoms with Crippen molar-refractivity contribution in [3.8, 4) is 5.75 Å². The summed E-state index contributed by atoms with van der Waals surface area (Å²) in [6.07, 6.45) is 0. The van der Waals surface area contributed by atoms with Crippen LogP contribution in [0.2, 0.25) is 0 Å². The van der Waals surface area contributed by atoms with Crippen LogP contribution in [0.5, 0.6) is 5.75 Å². The average molecular weight is 300 g/mol. The van der Waals surface area contributed by atoms with E-state index in [2.05, 4.69) is 34.9 Å². The van der Waals surface area contributed by atoms with E-state index in [1.165, 1.54) is 0 Å². The smallest absolute Gasteiger partial charge is 0.145 e. The number of fused-ring (bicyclic) bond motifs is 1. The molecule has 0 amide bonds. The number of benzene rings is 1. The Kier molecular flexibility index (Phi) is 4.45. The van der Waals surface area contributed by atoms with Gasteiger partial charge in [-0.1, -0.05) is 12.1 Å². The number of rotatable bonds is 4. The number of piperazine rings is 1. The van der Waals surface area contributed by atoms with Crippen LogP contribution < -0.4 is 15.4 Å². The predicted octanol–water partition coefficient (Wildman–Crippen LogP) is 1.71. The van der Waals surface area contributed by atoms with Crippen molar-refractivity contribution in [1.82, 2.24) is 9.88 Å². The van der Waals surface area contributed by atoms with Crippen molar-refractivity contribution in [3.63, 3.8) is 0 Å². The molecule has 3 rings (SSSR count). The van der Waals surface area contributed by atoms with E-state index in [0.29, 0.717) is 12.6 Å². The van der Waals surface area contributed by atoms with E-state index in [0.717, 1.165) is 48.6 Å². The second-order valence-electron chi connectivity index (χ2n) is 5.81. The third kappa shape index (κ3) is 2.87. The molecule has 1 aliphatic heterocycles. The van der Waals surface area contributed by atoms with Crippen molar-refractivity contribution in [2.75, 3.05) is 44.7 Å². The summed E-state index contributed by atoms with van der Waals surface area (Å²) in [7, 11) is 1.69. The molecule has 0 bridgehead atoms. The Balaban J connectivity index is 1.80. The normalized spacial score (nSPS) is 17.7. The molecule has 1 fully saturated rings. The summed E-state index contributed by atoms with van der Waals surface area (Å²) in [4.78, 5) is 9.60. The number of nitrogens with zero attached hydrogens (tertiary/aromatic N) is 3. The number of anilines is 1. The number of pyridine rings is 1. The molecule has 22 heavy (non-hydrogen) atoms. The summed E-state index contributed by atoms with van der Waals surface area (Å²) in [5.41, 5.74) is 6.69. The van der Waals surface area contributed by atoms with Crippen LogP contribution in [-0.2, 0) is 0 Å². The van der Waals surface area contributed by atoms with Crippen LogP contribution in [0.4, 0.5) is 5.82 Å². The van der Waals surface area contributed by atoms with Crippen LogP contribution in [0.25, 0.3) is 10.9 Å². The molecule has 2 heterocycles. The van der Waals surface area contributed by atoms with Gasteiger partial charge in [0.2, 0.25) is 0 Å². The van der Waals surface area contributed by atoms with E-state index in [1.807, 2.05) is 12.1 Å². The maximum Gasteiger partial charge on any atom is 0.145 e. The molecular weight excluding hydrogens is 276 g/mol. The molecule has 0 radical (unpaired) electrons. The SMILES string of the molecule is COc1cccc2ccc(N3CCN(C(C)CN)CC3)nc12. The number of methoxy groups -OCH3 is 1. The Labute approximate surface area is 131 Å². The minimum Gasteiger partial charge on any atom is -0.494 e. The number of aromatic nitrogens is 1. The van der Waals surface area contributed by atoms with Gasteiger partial charge in [0.1, 0.15) is 17.1 Å². The Morgan fingerprint density at radius 3 is 2.64 bits per heavy atom. The largest absolute Gasteiger partial charge is 0.494 e. The van der Waals surface area contributed by atoms with Crippen molar-refractivity contribution in [1.29, 1.82) is 0 Å². The van der Waals surface area contributed by atoms with Gasteiger partial charge in [-0.05, 0) is 25.1 Å². The van der Waals surface area contributed by atoms with Gasteiger partial charge in [-0.3, -0.25) is 4.90 Å². The van der Waals surface area contributed by atoms with Crippen molar-refractivity contribution < 1.29 is 4.74 Å². The second kappa shape index (κ2) is 6.50. The van der Waals surface area contributed by atoms with E-state index in [4.69, 9.17) is 15.5 Å². The van der Waals surface area contributed by atoms with Crippen molar-refractivity contribution in [2.24, 2.45) is 5.73 Å². The minimum atomic E-state index is 0.451. The van der Waals surface area contributed by atoms with Gasteiger partial charge in [-0.2, -0.15) is 0 Å². The van der Waals surface area contributed by atoms with Crippen LogP contribution >= 0.6 is 0 Å². The number of para-hydroxylation sites is 1. The zero-order valence-corrected chi connectivity index (χ0v) is 13.3. The summed E-state index contributed by atoms with van der Waals surface area (Å²) in [6.45, 7) is 6.93. The minimum absolute atomic E-state index is 0.451. The molecule has 0 aliphatic carbocycles. The van der Waals surface area contributed by atoms with Crippen LogP contribution in [0.1, 0.15) is 6.92 Å². The van der Waals surface area contributed by atoms with Crippen LogP contribution in [0.3, 0.4) is 0 Å². The molecule has 1 aromatic heterocycles. The van der Waals surface area contributed by atoms with Crippen molar-refractivity contribution in [2.45, 2.75) is 13.0 Å². The average Bonchev–Trinajstić information content (AvgIpc) is 2.60. The summed E-state index contributed by atoms with van der Waals surface area (Å²) in [5.74, 6) is 1.85. The molecule has 2 aromatic rings. The highest BCUT2D eigenvalue weighted by atomic mass is 16.5. The monoisotopic (exact) mass is 300 g/mol. The Bertz CT molecular complexity index is 638. The topological polar surface area (TPSA) is 54.6 Å². The zero-order valence-electron chi connectivity index (χ0n) is 13.3. The molecule has 2 N–H and O–H groups in total. The molecule has 1 aliphatic rings. The molecule has 1 saturated heterocycles. The molecule has 0 saturated carbocycles. The standard InChI is InChI=1S/C17H24N4O/c1-13(12-18)20-8-10-21(11-9-20)16-7-6-14-4-3-5-15(22-2)17(14)19-16/h3-7,13H,8-12,18H2,1-2H3. The van der Waals surface area contributed by atoms with Crippen molar-refractivity contribution in [3.05, 3.63) is 30.3 Å². The molecule has 0 spiro atoms. The summed E-state index contributed by atoms with van der Waals surface area (Å²) >= 11 is 0. The fourth-order valence-corrected chi connectivity index (χ4v) is 2.99. The summed E-state index contributed by atoms with van der Waals surface area (Å²) < 4.78 is 5.43. The third-order valence-electron chi connectivity index (χ3n) is 4.49. The highest BCUT2D eigenvalue weighted by Gasteiger charge is 2.21. The first-order valence-corrected chi connectivity index (χ1v) is 7.85. The number of hydrogen-bond donors (Lipinski definition) is 1. The van der Waals surface area contributed by atoms with E-state index in [-0.39, 0.29) is 0 Å². The summed E-state index contributed by atoms with van der Waals surface area (Å²) in [5, 5.41) is 1.11. The molecule has 118 valence electrons. The lowest BCUT2D eigenvalue weighted by atomic mass is 10.2. The van der Waals surface area contributed by atoms with Gasteiger partial charge < -0.3 is 15.4 Å². The van der Waals surface area contributed by atoms with Crippen LogP contribution in [0.15, 0.2) is 30.3 Å². The maximum atomic E-state index is 5.76. The molecule has 1 unspecified atom stereocenters. The Hall–Kier alpha value is -1.85. The van der Waals surface area contributed by atoms with Crippen molar-refractivity contribution >= 4 is 16.7 Å². The fraction of sp³-hybridized carbons (Fsp3) is 0.471. The highest BCUT2D eigenvalue weighted by Crippen LogP contribution is 2.26. The number of nitrogens with two attached hydrogens (primary N) is 1. The van der Waals surface area contributed by atoms with Crippen LogP contribution in [-0.4, -0.2) is 55.8 Å². The predicted molar refractivity (Wildman–Crippen MR) is 90.6 cm³/mol. The zero-order chi connectivity index (χ0) is 15.5. The lowest BCUT2D eigenvalue weighted by Gasteiger charge is -2.38. The third-order valence-corrected chi connectivity index (χ3v) is 4.49. The number of hydrogen-bond acceptors (Lipinski definition) is 5. The van der Waals surface area contributed by atoms with Gasteiger partial charge in [-0.25, -0.2) is 4.98 Å². The van der Waals surface area contributed by atoms with E-state index in [9.17, 15) is 0 Å². The van der Waals surface area contributed by atoms with Crippen LogP contribution in [0, 0.1) is 0 Å². The van der Waals surface area contributed by atoms with E-state index in [1.54, 1.807) is 7.11 Å². The van der Waals surface area contributed by atoms with Gasteiger partial charge in [0, 0.05) is 44.2 Å². The van der Waals surface area contributed by atoms with Gasteiger partial charge in [0.05, 0.1) is 7.11 Å². The molecule has 1 aromatic carbocycles. The molecular formula is C17H24N4O. The lowest BCUT2D eigenvalue weighted by Crippen LogP contribution is -2.51. The second-order valence-corrected chi connectivity index (χ2v) is 5.81. The first-order valence-electron chi connectivity index (χ1n) is 7.85. The van der Waals surface area contributed by atoms with E-state index >= 15 is 0 Å². The maximum absolute atomic E-state index is 5.76. The summed E-state index contributed by atoms with van der Waals surface area (Å²) in [6, 6.07) is 10.7. The fourth-order valence-electron chi connectivity index (χ4n) is 2.99. The molecule has 5 nitrogen and oxygen atoms in total. The quantitative estimate of drug-likeness (QED) is 0.931. The van der Waals surface area contributed by atoms with Gasteiger partial charge in [0.25, 0.3) is 0 Å². The van der Waals surface area contributed by atoms with Gasteiger partial charge in [-0.15, -0.1) is 0 Å². The van der Waals surface area contributed by atoms with E-state index < -0.39 is 0 Å². The van der Waals surface area contributed by atoms with Gasteiger partial charge >= 0.3 is 0 Å². The number of ether oxygens (including phenoxy) is 1. The molecule has 1 atom stereocenters. The highest BCUT2D eigenvalue weighted by molar-refractivity contribution is 5.85. The lowest BCUT2D eigenvalue weighted by molar-refractivity contribution is 0.201.